The van der Waals surface area contributed by atoms with E-state index < -0.39 is 0 Å². The highest BCUT2D eigenvalue weighted by Gasteiger charge is 2.09. The minimum absolute atomic E-state index is 0.210. The van der Waals surface area contributed by atoms with Crippen molar-refractivity contribution in [3.05, 3.63) is 71.4 Å². The number of thioether (sulfide) groups is 2. The normalized spacial score (nSPS) is 13.5. The van der Waals surface area contributed by atoms with E-state index in [1.807, 2.05) is 17.5 Å². The van der Waals surface area contributed by atoms with Crippen LogP contribution in [0.1, 0.15) is 32.8 Å². The molecule has 2 aromatic carbocycles. The van der Waals surface area contributed by atoms with E-state index in [0.29, 0.717) is 11.2 Å². The van der Waals surface area contributed by atoms with Crippen LogP contribution in [0.25, 0.3) is 0 Å². The molecule has 0 N–H and O–H groups in total. The first kappa shape index (κ1) is 20.8. The summed E-state index contributed by atoms with van der Waals surface area (Å²) in [5.74, 6) is 0.453. The molecule has 0 bridgehead atoms. The molecule has 1 nitrogen and oxygen atoms in total. The van der Waals surface area contributed by atoms with Crippen LogP contribution in [-0.4, -0.2) is 10.3 Å². The molecule has 2 aromatic rings. The summed E-state index contributed by atoms with van der Waals surface area (Å²) in [7, 11) is 0. The minimum Gasteiger partial charge on any atom is -0.242 e. The van der Waals surface area contributed by atoms with Gasteiger partial charge in [-0.2, -0.15) is 0 Å². The fraction of sp³-hybridized carbons (Fsp3) is 0.318. The Kier molecular flexibility index (Phi) is 8.46. The molecule has 0 heterocycles. The van der Waals surface area contributed by atoms with Gasteiger partial charge in [-0.15, -0.1) is 11.8 Å². The highest BCUT2D eigenvalue weighted by Crippen LogP contribution is 2.26. The van der Waals surface area contributed by atoms with Gasteiger partial charge in [0.2, 0.25) is 0 Å². The van der Waals surface area contributed by atoms with Gasteiger partial charge in [0.1, 0.15) is 5.82 Å². The third kappa shape index (κ3) is 7.79. The lowest BCUT2D eigenvalue weighted by Crippen LogP contribution is -2.04. The van der Waals surface area contributed by atoms with Crippen LogP contribution in [0.15, 0.2) is 69.9 Å². The summed E-state index contributed by atoms with van der Waals surface area (Å²) in [6.07, 6.45) is 3.20. The Labute approximate surface area is 165 Å². The van der Waals surface area contributed by atoms with E-state index in [1.165, 1.54) is 17.7 Å². The Morgan fingerprint density at radius 3 is 2.31 bits per heavy atom. The van der Waals surface area contributed by atoms with Gasteiger partial charge in [0.05, 0.1) is 10.7 Å². The van der Waals surface area contributed by atoms with E-state index >= 15 is 0 Å². The standard InChI is InChI=1S/C22H26FNS2/c1-16(2)15-18(4)26-22(24-20-9-5-17(3)6-10-20)13-14-25-21-11-7-19(23)8-12-21/h5-14,16,18H,15H2,1-4H3. The van der Waals surface area contributed by atoms with E-state index in [9.17, 15) is 4.39 Å². The summed E-state index contributed by atoms with van der Waals surface area (Å²) in [6.45, 7) is 8.81. The van der Waals surface area contributed by atoms with Gasteiger partial charge in [0.15, 0.2) is 0 Å². The third-order valence-electron chi connectivity index (χ3n) is 3.63. The Bertz CT molecular complexity index is 734. The van der Waals surface area contributed by atoms with Crippen LogP contribution >= 0.6 is 23.5 Å². The number of benzene rings is 2. The van der Waals surface area contributed by atoms with Crippen LogP contribution in [0.2, 0.25) is 0 Å². The summed E-state index contributed by atoms with van der Waals surface area (Å²) in [5.41, 5.74) is 2.19. The Balaban J connectivity index is 2.11. The molecule has 138 valence electrons. The second kappa shape index (κ2) is 10.6. The van der Waals surface area contributed by atoms with Crippen LogP contribution in [0.5, 0.6) is 0 Å². The van der Waals surface area contributed by atoms with Gasteiger partial charge < -0.3 is 0 Å². The Hall–Kier alpha value is -1.52. The number of aliphatic imine (C=N–C) groups is 1. The lowest BCUT2D eigenvalue weighted by Gasteiger charge is -2.13. The molecule has 0 aliphatic heterocycles. The summed E-state index contributed by atoms with van der Waals surface area (Å²) in [4.78, 5) is 5.82. The molecular formula is C22H26FNS2. The van der Waals surface area contributed by atoms with E-state index in [0.717, 1.165) is 22.0 Å². The molecule has 1 unspecified atom stereocenters. The van der Waals surface area contributed by atoms with Crippen LogP contribution in [-0.2, 0) is 0 Å². The second-order valence-corrected chi connectivity index (χ2v) is 9.16. The summed E-state index contributed by atoms with van der Waals surface area (Å²) in [6, 6.07) is 14.8. The second-order valence-electron chi connectivity index (χ2n) is 6.72. The average molecular weight is 388 g/mol. The molecule has 0 radical (unpaired) electrons. The maximum atomic E-state index is 13.0. The SMILES string of the molecule is Cc1ccc(N=C(C=CSc2ccc(F)cc2)SC(C)CC(C)C)cc1. The van der Waals surface area contributed by atoms with Gasteiger partial charge in [-0.3, -0.25) is 0 Å². The van der Waals surface area contributed by atoms with Crippen LogP contribution in [0.4, 0.5) is 10.1 Å². The summed E-state index contributed by atoms with van der Waals surface area (Å²) < 4.78 is 13.0. The van der Waals surface area contributed by atoms with E-state index in [2.05, 4.69) is 45.9 Å². The molecule has 0 aromatic heterocycles. The predicted octanol–water partition coefficient (Wildman–Crippen LogP) is 7.64. The molecule has 0 saturated heterocycles. The highest BCUT2D eigenvalue weighted by atomic mass is 32.2. The number of hydrogen-bond acceptors (Lipinski definition) is 3. The van der Waals surface area contributed by atoms with E-state index in [-0.39, 0.29) is 5.82 Å². The van der Waals surface area contributed by atoms with Crippen molar-refractivity contribution in [2.75, 3.05) is 0 Å². The molecule has 0 fully saturated rings. The lowest BCUT2D eigenvalue weighted by molar-refractivity contribution is 0.586. The smallest absolute Gasteiger partial charge is 0.123 e. The van der Waals surface area contributed by atoms with Crippen molar-refractivity contribution < 1.29 is 4.39 Å². The lowest BCUT2D eigenvalue weighted by atomic mass is 10.1. The first-order valence-corrected chi connectivity index (χ1v) is 10.6. The Morgan fingerprint density at radius 1 is 1.04 bits per heavy atom. The van der Waals surface area contributed by atoms with Crippen molar-refractivity contribution in [3.8, 4) is 0 Å². The monoisotopic (exact) mass is 387 g/mol. The van der Waals surface area contributed by atoms with Gasteiger partial charge in [-0.05, 0) is 67.1 Å². The van der Waals surface area contributed by atoms with E-state index in [1.54, 1.807) is 35.7 Å². The number of rotatable bonds is 7. The van der Waals surface area contributed by atoms with Crippen LogP contribution in [0, 0.1) is 18.7 Å². The fourth-order valence-electron chi connectivity index (χ4n) is 2.45. The first-order chi connectivity index (χ1) is 12.4. The number of hydrogen-bond donors (Lipinski definition) is 0. The maximum absolute atomic E-state index is 13.0. The molecule has 2 rings (SSSR count). The molecule has 0 saturated carbocycles. The molecule has 0 aliphatic carbocycles. The number of halogens is 1. The molecule has 26 heavy (non-hydrogen) atoms. The van der Waals surface area contributed by atoms with Crippen molar-refractivity contribution in [1.29, 1.82) is 0 Å². The van der Waals surface area contributed by atoms with E-state index in [4.69, 9.17) is 4.99 Å². The quantitative estimate of drug-likeness (QED) is 0.275. The number of aryl methyl sites for hydroxylation is 1. The van der Waals surface area contributed by atoms with Crippen LogP contribution < -0.4 is 0 Å². The zero-order valence-corrected chi connectivity index (χ0v) is 17.4. The summed E-state index contributed by atoms with van der Waals surface area (Å²) >= 11 is 3.37. The van der Waals surface area contributed by atoms with Crippen molar-refractivity contribution in [2.45, 2.75) is 44.3 Å². The third-order valence-corrected chi connectivity index (χ3v) is 5.51. The zero-order chi connectivity index (χ0) is 18.9. The number of nitrogens with zero attached hydrogens (tertiary/aromatic N) is 1. The van der Waals surface area contributed by atoms with Crippen molar-refractivity contribution in [2.24, 2.45) is 10.9 Å². The van der Waals surface area contributed by atoms with Gasteiger partial charge in [-0.1, -0.05) is 50.2 Å². The molecule has 0 aliphatic rings. The van der Waals surface area contributed by atoms with Gasteiger partial charge in [0, 0.05) is 10.1 Å². The first-order valence-electron chi connectivity index (χ1n) is 8.83. The molecule has 1 atom stereocenters. The van der Waals surface area contributed by atoms with Crippen molar-refractivity contribution in [3.63, 3.8) is 0 Å². The molecule has 0 amide bonds. The van der Waals surface area contributed by atoms with Gasteiger partial charge in [0.25, 0.3) is 0 Å². The molecule has 4 heteroatoms. The highest BCUT2D eigenvalue weighted by molar-refractivity contribution is 8.15. The average Bonchev–Trinajstić information content (AvgIpc) is 2.58. The van der Waals surface area contributed by atoms with Crippen molar-refractivity contribution in [1.82, 2.24) is 0 Å². The van der Waals surface area contributed by atoms with Gasteiger partial charge >= 0.3 is 0 Å². The van der Waals surface area contributed by atoms with Crippen LogP contribution in [0.3, 0.4) is 0 Å². The molecular weight excluding hydrogens is 361 g/mol. The fourth-order valence-corrected chi connectivity index (χ4v) is 4.38. The predicted molar refractivity (Wildman–Crippen MR) is 116 cm³/mol. The summed E-state index contributed by atoms with van der Waals surface area (Å²) in [5, 5.41) is 3.52. The minimum atomic E-state index is -0.210. The zero-order valence-electron chi connectivity index (χ0n) is 15.8. The topological polar surface area (TPSA) is 12.4 Å². The maximum Gasteiger partial charge on any atom is 0.123 e. The van der Waals surface area contributed by atoms with Gasteiger partial charge in [-0.25, -0.2) is 9.38 Å². The van der Waals surface area contributed by atoms with Crippen molar-refractivity contribution >= 4 is 34.3 Å². The molecule has 0 spiro atoms. The Morgan fingerprint density at radius 2 is 1.69 bits per heavy atom. The largest absolute Gasteiger partial charge is 0.242 e.